The van der Waals surface area contributed by atoms with Crippen LogP contribution in [0, 0.1) is 49.9 Å². The molecule has 0 saturated heterocycles. The Morgan fingerprint density at radius 3 is 2.41 bits per heavy atom. The first kappa shape index (κ1) is 22.2. The van der Waals surface area contributed by atoms with E-state index in [-0.39, 0.29) is 0 Å². The Morgan fingerprint density at radius 2 is 1.72 bits per heavy atom. The van der Waals surface area contributed by atoms with Gasteiger partial charge in [0.25, 0.3) is 0 Å². The smallest absolute Gasteiger partial charge is 0.101 e. The predicted octanol–water partition coefficient (Wildman–Crippen LogP) is 6.98. The highest BCUT2D eigenvalue weighted by atomic mass is 35.5. The van der Waals surface area contributed by atoms with Gasteiger partial charge in [-0.1, -0.05) is 60.9 Å². The van der Waals surface area contributed by atoms with Gasteiger partial charge in [-0.3, -0.25) is 4.68 Å². The van der Waals surface area contributed by atoms with Gasteiger partial charge in [-0.2, -0.15) is 10.4 Å². The fourth-order valence-corrected chi connectivity index (χ4v) is 4.58. The fourth-order valence-electron chi connectivity index (χ4n) is 4.37. The lowest BCUT2D eigenvalue weighted by Crippen LogP contribution is -2.04. The van der Waals surface area contributed by atoms with Crippen molar-refractivity contribution in [1.82, 2.24) is 9.78 Å². The monoisotopic (exact) mass is 441 g/mol. The van der Waals surface area contributed by atoms with Gasteiger partial charge in [-0.15, -0.1) is 0 Å². The summed E-state index contributed by atoms with van der Waals surface area (Å²) in [5.74, 6) is 7.39. The molecule has 1 aliphatic rings. The van der Waals surface area contributed by atoms with Crippen LogP contribution in [0.1, 0.15) is 65.6 Å². The molecule has 0 amide bonds. The van der Waals surface area contributed by atoms with E-state index in [0.717, 1.165) is 33.6 Å². The summed E-state index contributed by atoms with van der Waals surface area (Å²) >= 11 is 6.40. The lowest BCUT2D eigenvalue weighted by atomic mass is 9.89. The van der Waals surface area contributed by atoms with Crippen molar-refractivity contribution in [2.75, 3.05) is 0 Å². The molecule has 0 spiro atoms. The van der Waals surface area contributed by atoms with Gasteiger partial charge < -0.3 is 0 Å². The first-order valence-electron chi connectivity index (χ1n) is 11.3. The molecule has 1 heterocycles. The van der Waals surface area contributed by atoms with E-state index in [1.54, 1.807) is 6.07 Å². The number of halogens is 1. The van der Waals surface area contributed by atoms with E-state index in [0.29, 0.717) is 23.0 Å². The van der Waals surface area contributed by atoms with Gasteiger partial charge in [0.15, 0.2) is 0 Å². The van der Waals surface area contributed by atoms with Crippen LogP contribution in [-0.2, 0) is 6.54 Å². The highest BCUT2D eigenvalue weighted by Gasteiger charge is 2.17. The molecule has 0 atom stereocenters. The molecule has 0 bridgehead atoms. The topological polar surface area (TPSA) is 41.6 Å². The number of hydrogen-bond acceptors (Lipinski definition) is 2. The molecule has 1 saturated carbocycles. The Morgan fingerprint density at radius 1 is 1.00 bits per heavy atom. The van der Waals surface area contributed by atoms with Crippen molar-refractivity contribution in [1.29, 1.82) is 5.26 Å². The molecule has 1 aliphatic carbocycles. The third kappa shape index (κ3) is 4.59. The Hall–Kier alpha value is -3.01. The lowest BCUT2D eigenvalue weighted by molar-refractivity contribution is 0.430. The zero-order chi connectivity index (χ0) is 22.7. The van der Waals surface area contributed by atoms with Gasteiger partial charge in [0, 0.05) is 22.7 Å². The van der Waals surface area contributed by atoms with Gasteiger partial charge in [0.2, 0.25) is 0 Å². The van der Waals surface area contributed by atoms with Crippen LogP contribution in [0.2, 0.25) is 5.02 Å². The maximum atomic E-state index is 9.23. The van der Waals surface area contributed by atoms with E-state index in [4.69, 9.17) is 16.7 Å². The normalized spacial score (nSPS) is 14.0. The minimum absolute atomic E-state index is 0.494. The average Bonchev–Trinajstić information content (AvgIpc) is 3.09. The van der Waals surface area contributed by atoms with Crippen molar-refractivity contribution in [2.24, 2.45) is 5.92 Å². The van der Waals surface area contributed by atoms with Gasteiger partial charge >= 0.3 is 0 Å². The Balaban J connectivity index is 1.54. The number of nitriles is 1. The van der Waals surface area contributed by atoms with Crippen molar-refractivity contribution in [3.8, 4) is 29.2 Å². The summed E-state index contributed by atoms with van der Waals surface area (Å²) in [6.45, 7) is 6.82. The second-order valence-electron chi connectivity index (χ2n) is 8.73. The first-order valence-corrected chi connectivity index (χ1v) is 11.7. The molecule has 0 aliphatic heterocycles. The molecule has 4 heteroatoms. The van der Waals surface area contributed by atoms with E-state index in [1.165, 1.54) is 37.7 Å². The maximum absolute atomic E-state index is 9.23. The van der Waals surface area contributed by atoms with Crippen LogP contribution in [0.5, 0.6) is 0 Å². The van der Waals surface area contributed by atoms with Crippen LogP contribution in [0.15, 0.2) is 36.4 Å². The second-order valence-corrected chi connectivity index (χ2v) is 9.11. The summed E-state index contributed by atoms with van der Waals surface area (Å²) in [6, 6.07) is 14.4. The molecule has 1 aromatic heterocycles. The standard InChI is InChI=1S/C28H28ClN3/c1-19-21(3)32(31-28(19)26-16-15-25(17-30)27(29)20(26)2)18-24-13-11-23(12-14-24)10-9-22-7-5-4-6-8-22/h11-16,22H,4-8,18H2,1-3H3. The fraction of sp³-hybridized carbons (Fsp3) is 0.357. The third-order valence-electron chi connectivity index (χ3n) is 6.58. The summed E-state index contributed by atoms with van der Waals surface area (Å²) in [5.41, 5.74) is 7.80. The molecule has 0 radical (unpaired) electrons. The molecule has 0 unspecified atom stereocenters. The minimum atomic E-state index is 0.494. The van der Waals surface area contributed by atoms with Crippen molar-refractivity contribution in [3.05, 3.63) is 74.9 Å². The second kappa shape index (κ2) is 9.64. The lowest BCUT2D eigenvalue weighted by Gasteiger charge is -2.15. The summed E-state index contributed by atoms with van der Waals surface area (Å²) in [5, 5.41) is 14.6. The molecule has 0 N–H and O–H groups in total. The Bertz CT molecular complexity index is 1230. The highest BCUT2D eigenvalue weighted by Crippen LogP contribution is 2.33. The minimum Gasteiger partial charge on any atom is -0.265 e. The largest absolute Gasteiger partial charge is 0.265 e. The molecular weight excluding hydrogens is 414 g/mol. The van der Waals surface area contributed by atoms with Gasteiger partial charge in [0.1, 0.15) is 6.07 Å². The van der Waals surface area contributed by atoms with Crippen LogP contribution in [0.3, 0.4) is 0 Å². The van der Waals surface area contributed by atoms with Crippen LogP contribution >= 0.6 is 11.6 Å². The van der Waals surface area contributed by atoms with E-state index in [1.807, 2.05) is 17.7 Å². The first-order chi connectivity index (χ1) is 15.5. The van der Waals surface area contributed by atoms with E-state index < -0.39 is 0 Å². The molecule has 3 aromatic rings. The summed E-state index contributed by atoms with van der Waals surface area (Å²) in [4.78, 5) is 0. The zero-order valence-corrected chi connectivity index (χ0v) is 19.8. The number of nitrogens with zero attached hydrogens (tertiary/aromatic N) is 3. The van der Waals surface area contributed by atoms with Crippen LogP contribution in [0.25, 0.3) is 11.3 Å². The highest BCUT2D eigenvalue weighted by molar-refractivity contribution is 6.32. The Kier molecular flexibility index (Phi) is 6.69. The molecule has 162 valence electrons. The maximum Gasteiger partial charge on any atom is 0.101 e. The third-order valence-corrected chi connectivity index (χ3v) is 7.07. The van der Waals surface area contributed by atoms with Crippen LogP contribution in [0.4, 0.5) is 0 Å². The van der Waals surface area contributed by atoms with Crippen LogP contribution < -0.4 is 0 Å². The number of hydrogen-bond donors (Lipinski definition) is 0. The zero-order valence-electron chi connectivity index (χ0n) is 19.0. The van der Waals surface area contributed by atoms with E-state index in [2.05, 4.69) is 56.0 Å². The number of benzene rings is 2. The molecule has 3 nitrogen and oxygen atoms in total. The van der Waals surface area contributed by atoms with Gasteiger partial charge in [-0.25, -0.2) is 0 Å². The number of aromatic nitrogens is 2. The summed E-state index contributed by atoms with van der Waals surface area (Å²) < 4.78 is 2.04. The van der Waals surface area contributed by atoms with Gasteiger partial charge in [0.05, 0.1) is 22.8 Å². The van der Waals surface area contributed by atoms with Crippen molar-refractivity contribution < 1.29 is 0 Å². The van der Waals surface area contributed by atoms with Crippen LogP contribution in [-0.4, -0.2) is 9.78 Å². The summed E-state index contributed by atoms with van der Waals surface area (Å²) in [6.07, 6.45) is 6.48. The molecule has 32 heavy (non-hydrogen) atoms. The van der Waals surface area contributed by atoms with E-state index >= 15 is 0 Å². The predicted molar refractivity (Wildman–Crippen MR) is 131 cm³/mol. The quantitative estimate of drug-likeness (QED) is 0.411. The van der Waals surface area contributed by atoms with Crippen molar-refractivity contribution in [2.45, 2.75) is 59.4 Å². The molecule has 4 rings (SSSR count). The Labute approximate surface area is 196 Å². The van der Waals surface area contributed by atoms with Crippen molar-refractivity contribution >= 4 is 11.6 Å². The van der Waals surface area contributed by atoms with Gasteiger partial charge in [-0.05, 0) is 68.5 Å². The van der Waals surface area contributed by atoms with E-state index in [9.17, 15) is 5.26 Å². The van der Waals surface area contributed by atoms with Crippen molar-refractivity contribution in [3.63, 3.8) is 0 Å². The molecular formula is C28H28ClN3. The summed E-state index contributed by atoms with van der Waals surface area (Å²) in [7, 11) is 0. The molecule has 2 aromatic carbocycles. The number of rotatable bonds is 3. The average molecular weight is 442 g/mol. The SMILES string of the molecule is Cc1c(-c2nn(Cc3ccc(C#CC4CCCCC4)cc3)c(C)c2C)ccc(C#N)c1Cl. The molecule has 1 fully saturated rings.